The first kappa shape index (κ1) is 21.9. The summed E-state index contributed by atoms with van der Waals surface area (Å²) in [5.41, 5.74) is -1.77. The number of halogens is 7. The molecule has 0 atom stereocenters. The lowest BCUT2D eigenvalue weighted by atomic mass is 10.1. The molecule has 0 fully saturated rings. The van der Waals surface area contributed by atoms with Gasteiger partial charge in [-0.1, -0.05) is 5.21 Å². The fourth-order valence-electron chi connectivity index (χ4n) is 2.56. The van der Waals surface area contributed by atoms with Crippen molar-refractivity contribution in [3.05, 3.63) is 59.0 Å². The maximum absolute atomic E-state index is 13.5. The highest BCUT2D eigenvalue weighted by Crippen LogP contribution is 2.34. The Labute approximate surface area is 168 Å². The predicted octanol–water partition coefficient (Wildman–Crippen LogP) is 4.98. The summed E-state index contributed by atoms with van der Waals surface area (Å²) >= 11 is 0. The Bertz CT molecular complexity index is 1130. The van der Waals surface area contributed by atoms with Crippen molar-refractivity contribution in [3.8, 4) is 28.8 Å². The lowest BCUT2D eigenvalue weighted by Crippen LogP contribution is -2.17. The number of aromatic nitrogens is 3. The van der Waals surface area contributed by atoms with Crippen LogP contribution in [0.1, 0.15) is 16.8 Å². The van der Waals surface area contributed by atoms with E-state index in [0.717, 1.165) is 18.2 Å². The maximum atomic E-state index is 13.5. The molecule has 0 spiro atoms. The number of aromatic amines is 1. The minimum absolute atomic E-state index is 0.0442. The van der Waals surface area contributed by atoms with Gasteiger partial charge in [0.25, 0.3) is 0 Å². The predicted molar refractivity (Wildman–Crippen MR) is 89.0 cm³/mol. The van der Waals surface area contributed by atoms with Gasteiger partial charge in [-0.15, -0.1) is 18.3 Å². The molecule has 3 rings (SSSR count). The molecule has 31 heavy (non-hydrogen) atoms. The zero-order chi connectivity index (χ0) is 22.8. The van der Waals surface area contributed by atoms with Crippen LogP contribution in [0, 0.1) is 17.1 Å². The molecule has 1 heterocycles. The van der Waals surface area contributed by atoms with Crippen LogP contribution in [-0.4, -0.2) is 21.8 Å². The highest BCUT2D eigenvalue weighted by Gasteiger charge is 2.32. The van der Waals surface area contributed by atoms with E-state index in [0.29, 0.717) is 12.1 Å². The van der Waals surface area contributed by atoms with E-state index < -0.39 is 36.3 Å². The van der Waals surface area contributed by atoms with Gasteiger partial charge in [0.15, 0.2) is 5.69 Å². The average Bonchev–Trinajstić information content (AvgIpc) is 3.12. The summed E-state index contributed by atoms with van der Waals surface area (Å²) in [7, 11) is 0. The number of H-pyrrole nitrogens is 1. The Morgan fingerprint density at radius 2 is 1.68 bits per heavy atom. The first-order valence-electron chi connectivity index (χ1n) is 8.16. The maximum Gasteiger partial charge on any atom is 0.573 e. The molecule has 0 unspecified atom stereocenters. The van der Waals surface area contributed by atoms with Crippen LogP contribution in [0.4, 0.5) is 30.7 Å². The molecule has 0 amide bonds. The Hall–Kier alpha value is -3.82. The van der Waals surface area contributed by atoms with Gasteiger partial charge in [-0.3, -0.25) is 0 Å². The Balaban J connectivity index is 1.94. The molecular weight excluding hydrogens is 437 g/mol. The SMILES string of the molecule is N#Cc1[nH]nnc1-c1cc(OCc2cc(F)cc(C(F)(F)F)c2)cc(OC(F)(F)F)c1. The number of nitrogens with one attached hydrogen (secondary N) is 1. The Morgan fingerprint density at radius 3 is 2.32 bits per heavy atom. The molecule has 0 radical (unpaired) electrons. The molecule has 3 aromatic rings. The average molecular weight is 446 g/mol. The van der Waals surface area contributed by atoms with Gasteiger partial charge in [-0.25, -0.2) is 9.49 Å². The molecule has 13 heteroatoms. The van der Waals surface area contributed by atoms with Gasteiger partial charge < -0.3 is 9.47 Å². The molecule has 0 saturated heterocycles. The van der Waals surface area contributed by atoms with Crippen molar-refractivity contribution in [2.75, 3.05) is 0 Å². The second-order valence-electron chi connectivity index (χ2n) is 6.02. The van der Waals surface area contributed by atoms with Gasteiger partial charge in [-0.2, -0.15) is 18.4 Å². The number of benzene rings is 2. The van der Waals surface area contributed by atoms with Crippen LogP contribution < -0.4 is 9.47 Å². The van der Waals surface area contributed by atoms with E-state index in [9.17, 15) is 30.7 Å². The summed E-state index contributed by atoms with van der Waals surface area (Å²) in [5.74, 6) is -2.16. The summed E-state index contributed by atoms with van der Waals surface area (Å²) in [4.78, 5) is 0. The van der Waals surface area contributed by atoms with E-state index in [1.54, 1.807) is 6.07 Å². The zero-order valence-electron chi connectivity index (χ0n) is 15.0. The number of alkyl halides is 6. The number of nitrogens with zero attached hydrogens (tertiary/aromatic N) is 3. The third-order valence-electron chi connectivity index (χ3n) is 3.74. The van der Waals surface area contributed by atoms with Crippen molar-refractivity contribution in [3.63, 3.8) is 0 Å². The van der Waals surface area contributed by atoms with E-state index in [1.165, 1.54) is 6.07 Å². The quantitative estimate of drug-likeness (QED) is 0.559. The fraction of sp³-hybridized carbons (Fsp3) is 0.167. The molecule has 0 saturated carbocycles. The lowest BCUT2D eigenvalue weighted by Gasteiger charge is -2.14. The van der Waals surface area contributed by atoms with E-state index in [4.69, 9.17) is 10.00 Å². The second-order valence-corrected chi connectivity index (χ2v) is 6.02. The summed E-state index contributed by atoms with van der Waals surface area (Å²) in [6.07, 6.45) is -9.85. The van der Waals surface area contributed by atoms with Crippen LogP contribution in [0.25, 0.3) is 11.3 Å². The van der Waals surface area contributed by atoms with Gasteiger partial charge in [0.05, 0.1) is 5.56 Å². The first-order chi connectivity index (χ1) is 14.4. The summed E-state index contributed by atoms with van der Waals surface area (Å²) in [6, 6.07) is 6.36. The van der Waals surface area contributed by atoms with Gasteiger partial charge in [0.1, 0.15) is 35.7 Å². The van der Waals surface area contributed by atoms with Crippen molar-refractivity contribution >= 4 is 0 Å². The number of hydrogen-bond acceptors (Lipinski definition) is 5. The van der Waals surface area contributed by atoms with Crippen LogP contribution in [-0.2, 0) is 12.8 Å². The monoisotopic (exact) mass is 446 g/mol. The summed E-state index contributed by atoms with van der Waals surface area (Å²) in [5, 5.41) is 18.3. The highest BCUT2D eigenvalue weighted by molar-refractivity contribution is 5.67. The third-order valence-corrected chi connectivity index (χ3v) is 3.74. The van der Waals surface area contributed by atoms with Crippen LogP contribution >= 0.6 is 0 Å². The molecule has 0 aliphatic rings. The largest absolute Gasteiger partial charge is 0.573 e. The third kappa shape index (κ3) is 5.62. The molecule has 0 bridgehead atoms. The van der Waals surface area contributed by atoms with Gasteiger partial charge in [0.2, 0.25) is 0 Å². The van der Waals surface area contributed by atoms with Crippen molar-refractivity contribution in [1.29, 1.82) is 5.26 Å². The first-order valence-corrected chi connectivity index (χ1v) is 8.16. The standard InChI is InChI=1S/C18H9F7N4O2/c19-12-2-9(1-11(5-12)17(20,21)22)8-30-13-3-10(16-15(7-26)27-29-28-16)4-14(6-13)31-18(23,24)25/h1-6H,8H2,(H,27,28,29). The number of rotatable bonds is 5. The van der Waals surface area contributed by atoms with Crippen LogP contribution in [0.2, 0.25) is 0 Å². The molecule has 0 aliphatic heterocycles. The minimum atomic E-state index is -5.05. The molecule has 162 valence electrons. The van der Waals surface area contributed by atoms with Crippen LogP contribution in [0.3, 0.4) is 0 Å². The number of nitriles is 1. The van der Waals surface area contributed by atoms with E-state index >= 15 is 0 Å². The molecule has 0 aliphatic carbocycles. The number of hydrogen-bond donors (Lipinski definition) is 1. The molecule has 2 aromatic carbocycles. The van der Waals surface area contributed by atoms with E-state index in [1.807, 2.05) is 0 Å². The summed E-state index contributed by atoms with van der Waals surface area (Å²) in [6.45, 7) is -0.598. The van der Waals surface area contributed by atoms with Crippen LogP contribution in [0.5, 0.6) is 11.5 Å². The summed E-state index contributed by atoms with van der Waals surface area (Å²) < 4.78 is 99.1. The smallest absolute Gasteiger partial charge is 0.489 e. The highest BCUT2D eigenvalue weighted by atomic mass is 19.4. The van der Waals surface area contributed by atoms with Crippen molar-refractivity contribution in [2.24, 2.45) is 0 Å². The Morgan fingerprint density at radius 1 is 0.968 bits per heavy atom. The Kier molecular flexibility index (Phi) is 5.74. The normalized spacial score (nSPS) is 11.8. The molecule has 1 N–H and O–H groups in total. The second kappa shape index (κ2) is 8.13. The fourth-order valence-corrected chi connectivity index (χ4v) is 2.56. The van der Waals surface area contributed by atoms with Crippen molar-refractivity contribution in [1.82, 2.24) is 15.4 Å². The minimum Gasteiger partial charge on any atom is -0.489 e. The van der Waals surface area contributed by atoms with E-state index in [2.05, 4.69) is 20.1 Å². The van der Waals surface area contributed by atoms with Gasteiger partial charge in [0, 0.05) is 11.6 Å². The molecule has 6 nitrogen and oxygen atoms in total. The lowest BCUT2D eigenvalue weighted by molar-refractivity contribution is -0.274. The van der Waals surface area contributed by atoms with Gasteiger partial charge >= 0.3 is 12.5 Å². The van der Waals surface area contributed by atoms with Crippen molar-refractivity contribution < 1.29 is 40.2 Å². The topological polar surface area (TPSA) is 83.8 Å². The van der Waals surface area contributed by atoms with Crippen molar-refractivity contribution in [2.45, 2.75) is 19.1 Å². The zero-order valence-corrected chi connectivity index (χ0v) is 15.0. The number of ether oxygens (including phenoxy) is 2. The van der Waals surface area contributed by atoms with Crippen LogP contribution in [0.15, 0.2) is 36.4 Å². The van der Waals surface area contributed by atoms with Gasteiger partial charge in [-0.05, 0) is 35.9 Å². The molecular formula is C18H9F7N4O2. The van der Waals surface area contributed by atoms with E-state index in [-0.39, 0.29) is 28.3 Å². The molecule has 1 aromatic heterocycles.